The van der Waals surface area contributed by atoms with E-state index in [1.54, 1.807) is 47.3 Å². The van der Waals surface area contributed by atoms with Crippen LogP contribution >= 0.6 is 0 Å². The van der Waals surface area contributed by atoms with Gasteiger partial charge in [0.15, 0.2) is 0 Å². The molecule has 0 unspecified atom stereocenters. The van der Waals surface area contributed by atoms with Crippen LogP contribution < -0.4 is 10.5 Å². The van der Waals surface area contributed by atoms with Gasteiger partial charge in [-0.2, -0.15) is 13.2 Å². The van der Waals surface area contributed by atoms with E-state index in [0.29, 0.717) is 39.7 Å². The maximum atomic E-state index is 14.5. The summed E-state index contributed by atoms with van der Waals surface area (Å²) in [5.74, 6) is -0.190. The predicted octanol–water partition coefficient (Wildman–Crippen LogP) is 6.03. The lowest BCUT2D eigenvalue weighted by atomic mass is 9.98. The fourth-order valence-corrected chi connectivity index (χ4v) is 5.38. The number of rotatable bonds is 4. The standard InChI is InChI=1S/C29H21F4N5O2/c30-21-7-3-17(29(31,32)33)11-20(21)15-1-6-19-25(13-40-26(19)10-15)38(18-4-5-18)28(39)16-2-8-22-23(9-16)37-14-35-12-24(37)27(34)36-22/h1-3,6-12,14,18,25H,4-5,13H2,(H2,34,36)/t25-/m1/s1. The number of nitrogen functional groups attached to an aromatic ring is 1. The molecule has 1 aliphatic carbocycles. The van der Waals surface area contributed by atoms with Crippen molar-refractivity contribution in [2.45, 2.75) is 31.1 Å². The predicted molar refractivity (Wildman–Crippen MR) is 139 cm³/mol. The summed E-state index contributed by atoms with van der Waals surface area (Å²) in [7, 11) is 0. The van der Waals surface area contributed by atoms with Gasteiger partial charge in [0.1, 0.15) is 29.5 Å². The van der Waals surface area contributed by atoms with Crippen LogP contribution in [0.5, 0.6) is 5.75 Å². The van der Waals surface area contributed by atoms with Crippen molar-refractivity contribution in [2.24, 2.45) is 0 Å². The molecule has 1 fully saturated rings. The summed E-state index contributed by atoms with van der Waals surface area (Å²) in [6.45, 7) is 0.184. The summed E-state index contributed by atoms with van der Waals surface area (Å²) in [5, 5.41) is 0. The minimum absolute atomic E-state index is 0.0288. The molecule has 7 rings (SSSR count). The van der Waals surface area contributed by atoms with Crippen LogP contribution in [0.1, 0.15) is 40.4 Å². The number of fused-ring (bicyclic) bond motifs is 4. The zero-order chi connectivity index (χ0) is 27.8. The molecule has 5 aromatic rings. The van der Waals surface area contributed by atoms with Gasteiger partial charge in [0, 0.05) is 22.7 Å². The summed E-state index contributed by atoms with van der Waals surface area (Å²) >= 11 is 0. The monoisotopic (exact) mass is 547 g/mol. The zero-order valence-electron chi connectivity index (χ0n) is 20.8. The lowest BCUT2D eigenvalue weighted by molar-refractivity contribution is -0.137. The smallest absolute Gasteiger partial charge is 0.416 e. The molecule has 2 N–H and O–H groups in total. The molecule has 2 aliphatic rings. The number of imidazole rings is 1. The molecule has 40 heavy (non-hydrogen) atoms. The highest BCUT2D eigenvalue weighted by Crippen LogP contribution is 2.44. The van der Waals surface area contributed by atoms with Crippen LogP contribution in [0.15, 0.2) is 67.1 Å². The average molecular weight is 548 g/mol. The van der Waals surface area contributed by atoms with E-state index in [1.165, 1.54) is 6.07 Å². The third-order valence-corrected chi connectivity index (χ3v) is 7.51. The Kier molecular flexibility index (Phi) is 5.28. The van der Waals surface area contributed by atoms with Crippen molar-refractivity contribution >= 4 is 28.3 Å². The Labute approximate surface area is 224 Å². The van der Waals surface area contributed by atoms with E-state index in [2.05, 4.69) is 9.97 Å². The minimum atomic E-state index is -4.60. The van der Waals surface area contributed by atoms with E-state index in [9.17, 15) is 22.4 Å². The number of hydrogen-bond acceptors (Lipinski definition) is 5. The van der Waals surface area contributed by atoms with Gasteiger partial charge < -0.3 is 15.4 Å². The molecule has 202 valence electrons. The Morgan fingerprint density at radius 1 is 1.05 bits per heavy atom. The molecular formula is C29H21F4N5O2. The average Bonchev–Trinajstić information content (AvgIpc) is 3.47. The number of carbonyl (C=O) groups is 1. The number of anilines is 1. The van der Waals surface area contributed by atoms with Crippen molar-refractivity contribution in [2.75, 3.05) is 12.3 Å². The number of carbonyl (C=O) groups excluding carboxylic acids is 1. The number of amides is 1. The first-order valence-corrected chi connectivity index (χ1v) is 12.7. The fraction of sp³-hybridized carbons (Fsp3) is 0.207. The molecule has 0 saturated heterocycles. The van der Waals surface area contributed by atoms with Gasteiger partial charge in [0.2, 0.25) is 0 Å². The second kappa shape index (κ2) is 8.67. The Morgan fingerprint density at radius 2 is 1.88 bits per heavy atom. The number of hydrogen-bond donors (Lipinski definition) is 1. The van der Waals surface area contributed by atoms with E-state index >= 15 is 0 Å². The summed E-state index contributed by atoms with van der Waals surface area (Å²) in [5.41, 5.74) is 8.35. The third-order valence-electron chi connectivity index (χ3n) is 7.51. The molecule has 7 nitrogen and oxygen atoms in total. The Bertz CT molecular complexity index is 1830. The second-order valence-electron chi connectivity index (χ2n) is 10.1. The maximum Gasteiger partial charge on any atom is 0.416 e. The van der Waals surface area contributed by atoms with Crippen molar-refractivity contribution in [3.63, 3.8) is 0 Å². The lowest BCUT2D eigenvalue weighted by Gasteiger charge is -2.28. The van der Waals surface area contributed by atoms with E-state index in [-0.39, 0.29) is 29.7 Å². The minimum Gasteiger partial charge on any atom is -0.491 e. The van der Waals surface area contributed by atoms with Crippen LogP contribution in [0.2, 0.25) is 0 Å². The van der Waals surface area contributed by atoms with Gasteiger partial charge in [0.05, 0.1) is 35.2 Å². The number of alkyl halides is 3. The van der Waals surface area contributed by atoms with Crippen molar-refractivity contribution in [3.05, 3.63) is 89.6 Å². The van der Waals surface area contributed by atoms with Crippen LogP contribution in [-0.4, -0.2) is 37.8 Å². The number of aromatic nitrogens is 3. The van der Waals surface area contributed by atoms with Crippen LogP contribution in [0, 0.1) is 5.82 Å². The Morgan fingerprint density at radius 3 is 2.65 bits per heavy atom. The highest BCUT2D eigenvalue weighted by Gasteiger charge is 2.42. The number of halogens is 4. The van der Waals surface area contributed by atoms with Crippen LogP contribution in [0.3, 0.4) is 0 Å². The summed E-state index contributed by atoms with van der Waals surface area (Å²) in [6.07, 6.45) is 0.333. The SMILES string of the molecule is Nc1nc2ccc(C(=O)N(C3CC3)[C@@H]3COc4cc(-c5cc(C(F)(F)F)ccc5F)ccc43)cc2n2cncc12. The first-order chi connectivity index (χ1) is 19.2. The van der Waals surface area contributed by atoms with Gasteiger partial charge in [0.25, 0.3) is 5.91 Å². The largest absolute Gasteiger partial charge is 0.491 e. The van der Waals surface area contributed by atoms with Gasteiger partial charge in [-0.1, -0.05) is 12.1 Å². The third kappa shape index (κ3) is 3.92. The van der Waals surface area contributed by atoms with E-state index in [4.69, 9.17) is 10.5 Å². The molecule has 1 atom stereocenters. The first kappa shape index (κ1) is 24.4. The first-order valence-electron chi connectivity index (χ1n) is 12.7. The quantitative estimate of drug-likeness (QED) is 0.278. The molecule has 3 heterocycles. The van der Waals surface area contributed by atoms with Gasteiger partial charge >= 0.3 is 6.18 Å². The van der Waals surface area contributed by atoms with Crippen LogP contribution in [0.25, 0.3) is 27.7 Å². The highest BCUT2D eigenvalue weighted by atomic mass is 19.4. The number of benzene rings is 3. The number of nitrogens with two attached hydrogens (primary N) is 1. The van der Waals surface area contributed by atoms with Crippen molar-refractivity contribution in [1.29, 1.82) is 0 Å². The molecule has 0 radical (unpaired) electrons. The Balaban J connectivity index is 1.24. The second-order valence-corrected chi connectivity index (χ2v) is 10.1. The van der Waals surface area contributed by atoms with Crippen LogP contribution in [-0.2, 0) is 6.18 Å². The number of ether oxygens (including phenoxy) is 1. The topological polar surface area (TPSA) is 85.8 Å². The van der Waals surface area contributed by atoms with Gasteiger partial charge in [-0.15, -0.1) is 0 Å². The van der Waals surface area contributed by atoms with E-state index in [0.717, 1.165) is 30.5 Å². The van der Waals surface area contributed by atoms with Crippen molar-refractivity contribution in [1.82, 2.24) is 19.3 Å². The summed E-state index contributed by atoms with van der Waals surface area (Å²) in [6, 6.07) is 12.0. The molecule has 0 spiro atoms. The number of nitrogens with zero attached hydrogens (tertiary/aromatic N) is 4. The van der Waals surface area contributed by atoms with Crippen molar-refractivity contribution < 1.29 is 27.1 Å². The van der Waals surface area contributed by atoms with E-state index < -0.39 is 23.6 Å². The van der Waals surface area contributed by atoms with E-state index in [1.807, 2.05) is 4.90 Å². The maximum absolute atomic E-state index is 14.5. The molecule has 0 bridgehead atoms. The summed E-state index contributed by atoms with van der Waals surface area (Å²) in [4.78, 5) is 24.3. The molecule has 1 amide bonds. The highest BCUT2D eigenvalue weighted by molar-refractivity contribution is 5.99. The van der Waals surface area contributed by atoms with Gasteiger partial charge in [-0.25, -0.2) is 14.4 Å². The van der Waals surface area contributed by atoms with Crippen molar-refractivity contribution in [3.8, 4) is 16.9 Å². The Hall–Kier alpha value is -4.67. The van der Waals surface area contributed by atoms with Gasteiger partial charge in [-0.05, 0) is 60.9 Å². The molecule has 1 saturated carbocycles. The molecule has 3 aromatic carbocycles. The molecule has 11 heteroatoms. The van der Waals surface area contributed by atoms with Gasteiger partial charge in [-0.3, -0.25) is 9.20 Å². The normalized spacial score (nSPS) is 16.8. The zero-order valence-corrected chi connectivity index (χ0v) is 20.8. The molecule has 1 aliphatic heterocycles. The summed E-state index contributed by atoms with van der Waals surface area (Å²) < 4.78 is 62.0. The fourth-order valence-electron chi connectivity index (χ4n) is 5.38. The molecule has 2 aromatic heterocycles. The molecular weight excluding hydrogens is 526 g/mol. The lowest BCUT2D eigenvalue weighted by Crippen LogP contribution is -2.37. The van der Waals surface area contributed by atoms with Crippen LogP contribution in [0.4, 0.5) is 23.4 Å².